The molecular formula is C7H7BrF2N2. The highest BCUT2D eigenvalue weighted by atomic mass is 79.9. The van der Waals surface area contributed by atoms with Crippen LogP contribution in [0.25, 0.3) is 0 Å². The second-order valence-corrected chi connectivity index (χ2v) is 3.34. The van der Waals surface area contributed by atoms with Crippen molar-refractivity contribution < 1.29 is 8.78 Å². The zero-order valence-corrected chi connectivity index (χ0v) is 7.90. The number of halogens is 3. The highest BCUT2D eigenvalue weighted by Gasteiger charge is 2.28. The van der Waals surface area contributed by atoms with Gasteiger partial charge in [0, 0.05) is 11.4 Å². The molecule has 0 aliphatic heterocycles. The zero-order valence-electron chi connectivity index (χ0n) is 6.31. The van der Waals surface area contributed by atoms with Gasteiger partial charge in [0.1, 0.15) is 5.69 Å². The van der Waals surface area contributed by atoms with Crippen molar-refractivity contribution in [2.75, 3.05) is 5.73 Å². The van der Waals surface area contributed by atoms with Crippen LogP contribution in [0.1, 0.15) is 12.6 Å². The Morgan fingerprint density at radius 2 is 2.17 bits per heavy atom. The SMILES string of the molecule is CC(F)(F)c1ncc(N)cc1Br. The lowest BCUT2D eigenvalue weighted by molar-refractivity contribution is 0.0120. The zero-order chi connectivity index (χ0) is 9.35. The van der Waals surface area contributed by atoms with E-state index < -0.39 is 5.92 Å². The Labute approximate surface area is 76.9 Å². The van der Waals surface area contributed by atoms with Crippen LogP contribution in [0.3, 0.4) is 0 Å². The number of nitrogens with zero attached hydrogens (tertiary/aromatic N) is 1. The van der Waals surface area contributed by atoms with E-state index in [-0.39, 0.29) is 10.2 Å². The van der Waals surface area contributed by atoms with E-state index in [4.69, 9.17) is 5.73 Å². The van der Waals surface area contributed by atoms with Crippen molar-refractivity contribution in [3.8, 4) is 0 Å². The maximum Gasteiger partial charge on any atom is 0.288 e. The van der Waals surface area contributed by atoms with Crippen molar-refractivity contribution in [3.05, 3.63) is 22.4 Å². The number of hydrogen-bond acceptors (Lipinski definition) is 2. The Morgan fingerprint density at radius 3 is 2.58 bits per heavy atom. The number of nitrogens with two attached hydrogens (primary N) is 1. The Morgan fingerprint density at radius 1 is 1.58 bits per heavy atom. The lowest BCUT2D eigenvalue weighted by Crippen LogP contribution is -2.10. The van der Waals surface area contributed by atoms with Crippen molar-refractivity contribution in [3.63, 3.8) is 0 Å². The maximum atomic E-state index is 12.7. The molecule has 0 spiro atoms. The summed E-state index contributed by atoms with van der Waals surface area (Å²) in [6.07, 6.45) is 1.21. The maximum absolute atomic E-state index is 12.7. The molecule has 0 atom stereocenters. The van der Waals surface area contributed by atoms with Gasteiger partial charge in [-0.1, -0.05) is 0 Å². The van der Waals surface area contributed by atoms with E-state index in [0.717, 1.165) is 6.92 Å². The predicted molar refractivity (Wildman–Crippen MR) is 45.9 cm³/mol. The molecule has 0 bridgehead atoms. The molecule has 0 radical (unpaired) electrons. The first-order valence-corrected chi connectivity index (χ1v) is 4.00. The van der Waals surface area contributed by atoms with Crippen LogP contribution in [0, 0.1) is 0 Å². The third-order valence-corrected chi connectivity index (χ3v) is 1.88. The number of hydrogen-bond donors (Lipinski definition) is 1. The third-order valence-electron chi connectivity index (χ3n) is 1.28. The van der Waals surface area contributed by atoms with E-state index >= 15 is 0 Å². The first-order chi connectivity index (χ1) is 5.41. The lowest BCUT2D eigenvalue weighted by Gasteiger charge is -2.11. The number of alkyl halides is 2. The average Bonchev–Trinajstić information content (AvgIpc) is 1.83. The molecule has 0 unspecified atom stereocenters. The molecule has 1 aromatic rings. The molecule has 5 heteroatoms. The van der Waals surface area contributed by atoms with Gasteiger partial charge in [-0.2, -0.15) is 8.78 Å². The lowest BCUT2D eigenvalue weighted by atomic mass is 10.2. The van der Waals surface area contributed by atoms with Gasteiger partial charge < -0.3 is 5.73 Å². The number of aromatic nitrogens is 1. The van der Waals surface area contributed by atoms with Gasteiger partial charge in [-0.15, -0.1) is 0 Å². The Balaban J connectivity index is 3.19. The molecule has 0 aliphatic rings. The minimum absolute atomic E-state index is 0.231. The van der Waals surface area contributed by atoms with Crippen LogP contribution in [-0.2, 0) is 5.92 Å². The van der Waals surface area contributed by atoms with Crippen molar-refractivity contribution in [1.82, 2.24) is 4.98 Å². The highest BCUT2D eigenvalue weighted by Crippen LogP contribution is 2.31. The Kier molecular flexibility index (Phi) is 2.32. The van der Waals surface area contributed by atoms with Gasteiger partial charge in [0.2, 0.25) is 0 Å². The number of pyridine rings is 1. The van der Waals surface area contributed by atoms with E-state index in [9.17, 15) is 8.78 Å². The van der Waals surface area contributed by atoms with Crippen LogP contribution in [0.2, 0.25) is 0 Å². The molecule has 0 amide bonds. The fraction of sp³-hybridized carbons (Fsp3) is 0.286. The quantitative estimate of drug-likeness (QED) is 0.814. The molecule has 0 fully saturated rings. The molecule has 0 saturated heterocycles. The van der Waals surface area contributed by atoms with Crippen LogP contribution >= 0.6 is 15.9 Å². The van der Waals surface area contributed by atoms with E-state index in [1.165, 1.54) is 12.3 Å². The third kappa shape index (κ3) is 1.91. The molecule has 1 aromatic heterocycles. The molecule has 0 aliphatic carbocycles. The second kappa shape index (κ2) is 2.97. The Bertz CT molecular complexity index is 296. The highest BCUT2D eigenvalue weighted by molar-refractivity contribution is 9.10. The molecule has 1 heterocycles. The molecule has 12 heavy (non-hydrogen) atoms. The van der Waals surface area contributed by atoms with E-state index in [1.807, 2.05) is 0 Å². The summed E-state index contributed by atoms with van der Waals surface area (Å²) in [5.74, 6) is -2.94. The van der Waals surface area contributed by atoms with Crippen LogP contribution in [-0.4, -0.2) is 4.98 Å². The molecule has 2 nitrogen and oxygen atoms in total. The van der Waals surface area contributed by atoms with Gasteiger partial charge in [0.05, 0.1) is 11.9 Å². The second-order valence-electron chi connectivity index (χ2n) is 2.49. The summed E-state index contributed by atoms with van der Waals surface area (Å²) in [6.45, 7) is 0.788. The van der Waals surface area contributed by atoms with Gasteiger partial charge in [-0.25, -0.2) is 0 Å². The van der Waals surface area contributed by atoms with Gasteiger partial charge in [-0.05, 0) is 22.0 Å². The largest absolute Gasteiger partial charge is 0.397 e. The normalized spacial score (nSPS) is 11.7. The smallest absolute Gasteiger partial charge is 0.288 e. The molecule has 1 rings (SSSR count). The summed E-state index contributed by atoms with van der Waals surface area (Å²) in [5.41, 5.74) is 5.40. The van der Waals surface area contributed by atoms with Gasteiger partial charge in [0.25, 0.3) is 5.92 Å². The summed E-state index contributed by atoms with van der Waals surface area (Å²) >= 11 is 2.96. The summed E-state index contributed by atoms with van der Waals surface area (Å²) in [7, 11) is 0. The first kappa shape index (κ1) is 9.38. The van der Waals surface area contributed by atoms with Crippen molar-refractivity contribution in [1.29, 1.82) is 0 Å². The predicted octanol–water partition coefficient (Wildman–Crippen LogP) is 2.54. The fourth-order valence-electron chi connectivity index (χ4n) is 0.776. The molecule has 2 N–H and O–H groups in total. The molecular weight excluding hydrogens is 230 g/mol. The average molecular weight is 237 g/mol. The topological polar surface area (TPSA) is 38.9 Å². The van der Waals surface area contributed by atoms with Crippen LogP contribution in [0.4, 0.5) is 14.5 Å². The summed E-state index contributed by atoms with van der Waals surface area (Å²) in [4.78, 5) is 3.53. The summed E-state index contributed by atoms with van der Waals surface area (Å²) < 4.78 is 25.7. The molecule has 66 valence electrons. The monoisotopic (exact) mass is 236 g/mol. The minimum Gasteiger partial charge on any atom is -0.397 e. The fourth-order valence-corrected chi connectivity index (χ4v) is 1.49. The van der Waals surface area contributed by atoms with Crippen molar-refractivity contribution >= 4 is 21.6 Å². The number of rotatable bonds is 1. The standard InChI is InChI=1S/C7H7BrF2N2/c1-7(9,10)6-5(8)2-4(11)3-12-6/h2-3H,11H2,1H3. The van der Waals surface area contributed by atoms with Crippen LogP contribution in [0.15, 0.2) is 16.7 Å². The van der Waals surface area contributed by atoms with Crippen LogP contribution in [0.5, 0.6) is 0 Å². The van der Waals surface area contributed by atoms with Crippen molar-refractivity contribution in [2.45, 2.75) is 12.8 Å². The van der Waals surface area contributed by atoms with Crippen molar-refractivity contribution in [2.24, 2.45) is 0 Å². The van der Waals surface area contributed by atoms with E-state index in [0.29, 0.717) is 5.69 Å². The number of anilines is 1. The summed E-state index contributed by atoms with van der Waals surface area (Å²) in [6, 6.07) is 1.40. The molecule has 0 saturated carbocycles. The summed E-state index contributed by atoms with van der Waals surface area (Å²) in [5, 5.41) is 0. The molecule has 0 aromatic carbocycles. The minimum atomic E-state index is -2.94. The van der Waals surface area contributed by atoms with Gasteiger partial charge in [-0.3, -0.25) is 4.98 Å². The van der Waals surface area contributed by atoms with Gasteiger partial charge >= 0.3 is 0 Å². The van der Waals surface area contributed by atoms with Gasteiger partial charge in [0.15, 0.2) is 0 Å². The van der Waals surface area contributed by atoms with Crippen LogP contribution < -0.4 is 5.73 Å². The number of nitrogen functional groups attached to an aromatic ring is 1. The first-order valence-electron chi connectivity index (χ1n) is 3.20. The van der Waals surface area contributed by atoms with E-state index in [1.54, 1.807) is 0 Å². The Hall–Kier alpha value is -0.710. The van der Waals surface area contributed by atoms with E-state index in [2.05, 4.69) is 20.9 Å².